The van der Waals surface area contributed by atoms with E-state index in [0.717, 1.165) is 43.0 Å². The van der Waals surface area contributed by atoms with E-state index in [9.17, 15) is 0 Å². The molecule has 3 rings (SSSR count). The van der Waals surface area contributed by atoms with Crippen LogP contribution in [0.2, 0.25) is 0 Å². The zero-order chi connectivity index (χ0) is 13.8. The van der Waals surface area contributed by atoms with Crippen LogP contribution in [0.3, 0.4) is 0 Å². The van der Waals surface area contributed by atoms with Crippen molar-refractivity contribution in [1.82, 2.24) is 10.3 Å². The van der Waals surface area contributed by atoms with E-state index in [1.807, 2.05) is 12.3 Å². The van der Waals surface area contributed by atoms with Gasteiger partial charge >= 0.3 is 0 Å². The van der Waals surface area contributed by atoms with Gasteiger partial charge in [-0.15, -0.1) is 0 Å². The first-order chi connectivity index (χ1) is 9.90. The molecule has 2 aromatic rings. The van der Waals surface area contributed by atoms with E-state index in [4.69, 9.17) is 4.74 Å². The van der Waals surface area contributed by atoms with Crippen LogP contribution in [-0.2, 0) is 0 Å². The third-order valence-corrected chi connectivity index (χ3v) is 3.81. The molecule has 3 nitrogen and oxygen atoms in total. The summed E-state index contributed by atoms with van der Waals surface area (Å²) in [5, 5.41) is 3.45. The van der Waals surface area contributed by atoms with Crippen molar-refractivity contribution in [3.05, 3.63) is 48.3 Å². The zero-order valence-corrected chi connectivity index (χ0v) is 11.8. The number of ether oxygens (including phenoxy) is 1. The molecule has 2 heterocycles. The van der Waals surface area contributed by atoms with Gasteiger partial charge in [-0.05, 0) is 24.6 Å². The lowest BCUT2D eigenvalue weighted by molar-refractivity contribution is 0.266. The first-order valence-corrected chi connectivity index (χ1v) is 7.27. The average molecular weight is 268 g/mol. The summed E-state index contributed by atoms with van der Waals surface area (Å²) in [7, 11) is 0. The van der Waals surface area contributed by atoms with Crippen LogP contribution in [0.25, 0.3) is 11.1 Å². The van der Waals surface area contributed by atoms with Crippen molar-refractivity contribution in [1.29, 1.82) is 0 Å². The van der Waals surface area contributed by atoms with Gasteiger partial charge in [0.15, 0.2) is 0 Å². The summed E-state index contributed by atoms with van der Waals surface area (Å²) in [5.74, 6) is 1.57. The molecule has 1 aromatic carbocycles. The summed E-state index contributed by atoms with van der Waals surface area (Å²) in [6, 6.07) is 10.5. The number of nitrogens with zero attached hydrogens (tertiary/aromatic N) is 1. The molecular formula is C17H20N2O. The molecule has 0 saturated heterocycles. The fourth-order valence-electron chi connectivity index (χ4n) is 2.78. The Morgan fingerprint density at radius 2 is 2.25 bits per heavy atom. The zero-order valence-electron chi connectivity index (χ0n) is 11.8. The molecule has 1 aliphatic rings. The Labute approximate surface area is 120 Å². The maximum atomic E-state index is 5.96. The topological polar surface area (TPSA) is 34.1 Å². The molecule has 1 unspecified atom stereocenters. The van der Waals surface area contributed by atoms with Crippen molar-refractivity contribution in [2.24, 2.45) is 0 Å². The normalized spacial score (nSPS) is 17.4. The van der Waals surface area contributed by atoms with Gasteiger partial charge in [0.25, 0.3) is 0 Å². The fourth-order valence-corrected chi connectivity index (χ4v) is 2.78. The van der Waals surface area contributed by atoms with Crippen molar-refractivity contribution < 1.29 is 4.74 Å². The van der Waals surface area contributed by atoms with E-state index in [2.05, 4.69) is 41.5 Å². The van der Waals surface area contributed by atoms with Crippen molar-refractivity contribution in [2.45, 2.75) is 19.3 Å². The number of hydrogen-bond acceptors (Lipinski definition) is 3. The van der Waals surface area contributed by atoms with Crippen molar-refractivity contribution in [2.75, 3.05) is 19.7 Å². The minimum Gasteiger partial charge on any atom is -0.493 e. The number of likely N-dealkylation sites (N-methyl/N-ethyl adjacent to an activating group) is 1. The molecule has 1 N–H and O–H groups in total. The highest BCUT2D eigenvalue weighted by Gasteiger charge is 2.23. The number of rotatable bonds is 4. The quantitative estimate of drug-likeness (QED) is 0.924. The van der Waals surface area contributed by atoms with Gasteiger partial charge in [0, 0.05) is 36.0 Å². The predicted molar refractivity (Wildman–Crippen MR) is 81.1 cm³/mol. The van der Waals surface area contributed by atoms with Gasteiger partial charge in [0.2, 0.25) is 0 Å². The molecule has 0 aliphatic carbocycles. The lowest BCUT2D eigenvalue weighted by atomic mass is 9.90. The molecule has 0 saturated carbocycles. The highest BCUT2D eigenvalue weighted by molar-refractivity contribution is 5.72. The summed E-state index contributed by atoms with van der Waals surface area (Å²) in [6.07, 6.45) is 4.77. The molecule has 1 aliphatic heterocycles. The summed E-state index contributed by atoms with van der Waals surface area (Å²) >= 11 is 0. The molecule has 1 atom stereocenters. The van der Waals surface area contributed by atoms with E-state index in [0.29, 0.717) is 5.92 Å². The van der Waals surface area contributed by atoms with Gasteiger partial charge in [-0.25, -0.2) is 0 Å². The smallest absolute Gasteiger partial charge is 0.130 e. The monoisotopic (exact) mass is 268 g/mol. The van der Waals surface area contributed by atoms with Gasteiger partial charge < -0.3 is 10.1 Å². The molecule has 1 aromatic heterocycles. The van der Waals surface area contributed by atoms with Crippen LogP contribution in [0.4, 0.5) is 0 Å². The first-order valence-electron chi connectivity index (χ1n) is 7.27. The number of para-hydroxylation sites is 1. The van der Waals surface area contributed by atoms with E-state index >= 15 is 0 Å². The third kappa shape index (κ3) is 2.54. The Morgan fingerprint density at radius 1 is 1.30 bits per heavy atom. The Morgan fingerprint density at radius 3 is 3.05 bits per heavy atom. The summed E-state index contributed by atoms with van der Waals surface area (Å²) < 4.78 is 5.96. The highest BCUT2D eigenvalue weighted by atomic mass is 16.5. The van der Waals surface area contributed by atoms with Gasteiger partial charge in [-0.3, -0.25) is 4.98 Å². The molecule has 0 bridgehead atoms. The molecule has 0 fully saturated rings. The average Bonchev–Trinajstić information content (AvgIpc) is 2.53. The van der Waals surface area contributed by atoms with Crippen LogP contribution in [-0.4, -0.2) is 24.7 Å². The Hall–Kier alpha value is -1.87. The summed E-state index contributed by atoms with van der Waals surface area (Å²) in [6.45, 7) is 4.96. The van der Waals surface area contributed by atoms with Gasteiger partial charge in [-0.2, -0.15) is 0 Å². The van der Waals surface area contributed by atoms with Gasteiger partial charge in [0.1, 0.15) is 5.75 Å². The van der Waals surface area contributed by atoms with Crippen LogP contribution in [0, 0.1) is 0 Å². The minimum absolute atomic E-state index is 0.537. The van der Waals surface area contributed by atoms with Gasteiger partial charge in [-0.1, -0.05) is 31.2 Å². The highest BCUT2D eigenvalue weighted by Crippen LogP contribution is 2.40. The Balaban J connectivity index is 1.99. The second-order valence-electron chi connectivity index (χ2n) is 5.11. The number of nitrogens with one attached hydrogen (secondary N) is 1. The van der Waals surface area contributed by atoms with Crippen LogP contribution >= 0.6 is 0 Å². The maximum absolute atomic E-state index is 5.96. The standard InChI is InChI=1S/C17H20N2O/c1-2-18-11-14-8-10-20-17-15(6-3-7-16(14)17)13-5-4-9-19-12-13/h3-7,9,12,14,18H,2,8,10-11H2,1H3. The van der Waals surface area contributed by atoms with Crippen LogP contribution in [0.1, 0.15) is 24.8 Å². The predicted octanol–water partition coefficient (Wildman–Crippen LogP) is 3.22. The van der Waals surface area contributed by atoms with Crippen LogP contribution in [0.5, 0.6) is 5.75 Å². The molecule has 0 spiro atoms. The number of aromatic nitrogens is 1. The van der Waals surface area contributed by atoms with E-state index < -0.39 is 0 Å². The number of pyridine rings is 1. The second kappa shape index (κ2) is 6.06. The Kier molecular flexibility index (Phi) is 3.97. The largest absolute Gasteiger partial charge is 0.493 e. The number of fused-ring (bicyclic) bond motifs is 1. The molecule has 3 heteroatoms. The summed E-state index contributed by atoms with van der Waals surface area (Å²) in [4.78, 5) is 4.21. The maximum Gasteiger partial charge on any atom is 0.130 e. The first kappa shape index (κ1) is 13.1. The lowest BCUT2D eigenvalue weighted by Gasteiger charge is -2.28. The molecule has 0 radical (unpaired) electrons. The van der Waals surface area contributed by atoms with Crippen molar-refractivity contribution in [3.8, 4) is 16.9 Å². The molecule has 104 valence electrons. The SMILES string of the molecule is CCNCC1CCOc2c(-c3cccnc3)cccc21. The van der Waals surface area contributed by atoms with E-state index in [1.165, 1.54) is 5.56 Å². The van der Waals surface area contributed by atoms with Crippen molar-refractivity contribution >= 4 is 0 Å². The van der Waals surface area contributed by atoms with Gasteiger partial charge in [0.05, 0.1) is 6.61 Å². The van der Waals surface area contributed by atoms with E-state index in [1.54, 1.807) is 6.20 Å². The van der Waals surface area contributed by atoms with Crippen LogP contribution in [0.15, 0.2) is 42.7 Å². The lowest BCUT2D eigenvalue weighted by Crippen LogP contribution is -2.25. The van der Waals surface area contributed by atoms with E-state index in [-0.39, 0.29) is 0 Å². The van der Waals surface area contributed by atoms with Crippen LogP contribution < -0.4 is 10.1 Å². The van der Waals surface area contributed by atoms with Crippen molar-refractivity contribution in [3.63, 3.8) is 0 Å². The second-order valence-corrected chi connectivity index (χ2v) is 5.11. The fraction of sp³-hybridized carbons (Fsp3) is 0.353. The molecule has 20 heavy (non-hydrogen) atoms. The number of benzene rings is 1. The third-order valence-electron chi connectivity index (χ3n) is 3.81. The number of hydrogen-bond donors (Lipinski definition) is 1. The molecular weight excluding hydrogens is 248 g/mol. The Bertz CT molecular complexity index is 568. The summed E-state index contributed by atoms with van der Waals surface area (Å²) in [5.41, 5.74) is 3.59. The molecule has 0 amide bonds. The minimum atomic E-state index is 0.537.